The molecular weight excluding hydrogens is 498 g/mol. The van der Waals surface area contributed by atoms with Crippen LogP contribution in [0.1, 0.15) is 74.2 Å². The first-order valence-electron chi connectivity index (χ1n) is 14.1. The average Bonchev–Trinajstić information content (AvgIpc) is 3.55. The van der Waals surface area contributed by atoms with Gasteiger partial charge in [-0.2, -0.15) is 0 Å². The van der Waals surface area contributed by atoms with Crippen molar-refractivity contribution in [3.8, 4) is 0 Å². The minimum Gasteiger partial charge on any atom is -0.460 e. The van der Waals surface area contributed by atoms with Gasteiger partial charge in [-0.25, -0.2) is 0 Å². The van der Waals surface area contributed by atoms with E-state index in [4.69, 9.17) is 4.74 Å². The van der Waals surface area contributed by atoms with E-state index in [0.717, 1.165) is 36.9 Å². The van der Waals surface area contributed by atoms with Gasteiger partial charge in [-0.05, 0) is 63.8 Å². The smallest absolute Gasteiger partial charge is 0.306 e. The summed E-state index contributed by atoms with van der Waals surface area (Å²) in [6.45, 7) is 6.61. The molecule has 3 amide bonds. The van der Waals surface area contributed by atoms with Crippen LogP contribution in [0.4, 0.5) is 0 Å². The van der Waals surface area contributed by atoms with Gasteiger partial charge in [-0.3, -0.25) is 19.2 Å². The van der Waals surface area contributed by atoms with Gasteiger partial charge in [0.15, 0.2) is 0 Å². The number of hydrogen-bond acceptors (Lipinski definition) is 7. The number of nitrogens with zero attached hydrogens (tertiary/aromatic N) is 1. The molecule has 3 aliphatic rings. The number of carbonyl (C=O) groups is 4. The van der Waals surface area contributed by atoms with Crippen molar-refractivity contribution in [3.05, 3.63) is 47.7 Å². The second-order valence-electron chi connectivity index (χ2n) is 10.8. The Labute approximate surface area is 230 Å². The van der Waals surface area contributed by atoms with Crippen LogP contribution in [0.3, 0.4) is 0 Å². The zero-order valence-corrected chi connectivity index (χ0v) is 23.0. The fourth-order valence-corrected chi connectivity index (χ4v) is 5.61. The number of carbonyl (C=O) groups excluding carboxylic acids is 4. The van der Waals surface area contributed by atoms with Crippen LogP contribution >= 0.6 is 0 Å². The van der Waals surface area contributed by atoms with Gasteiger partial charge in [0.1, 0.15) is 18.2 Å². The highest BCUT2D eigenvalue weighted by atomic mass is 16.5. The molecule has 0 saturated carbocycles. The third-order valence-corrected chi connectivity index (χ3v) is 8.07. The normalized spacial score (nSPS) is 25.6. The van der Waals surface area contributed by atoms with Gasteiger partial charge in [0.05, 0.1) is 6.54 Å². The van der Waals surface area contributed by atoms with E-state index >= 15 is 0 Å². The molecule has 3 heterocycles. The number of fused-ring (bicyclic) bond motifs is 1. The number of rotatable bonds is 10. The van der Waals surface area contributed by atoms with E-state index in [1.807, 2.05) is 24.9 Å². The number of esters is 1. The van der Waals surface area contributed by atoms with E-state index in [2.05, 4.69) is 27.8 Å². The quantitative estimate of drug-likeness (QED) is 0.334. The SMILES string of the molecule is C=C(N[C@H]1CCCC[C@H]2CC[C@@H](C(=O)NCc3cccc(C(=O)NC[C@H]4CCC(=O)O4)c3)N2C1=O)[C@H](C)NC. The standard InChI is InChI=1S/C29H41N5O5/c1-18(30-3)19(2)33-24-10-5-4-9-22-11-13-25(34(22)29(24)38)28(37)31-16-20-7-6-8-21(15-20)27(36)32-17-23-12-14-26(35)39-23/h6-8,15,18,22-25,30,33H,2,4-5,9-14,16-17H2,1,3H3,(H,31,37)(H,32,36)/t18-,22-,23+,24-,25-/m0/s1. The average molecular weight is 540 g/mol. The lowest BCUT2D eigenvalue weighted by Crippen LogP contribution is -2.56. The number of amides is 3. The zero-order valence-electron chi connectivity index (χ0n) is 23.0. The first-order valence-corrected chi connectivity index (χ1v) is 14.1. The molecule has 1 aromatic rings. The molecule has 0 aliphatic carbocycles. The van der Waals surface area contributed by atoms with E-state index < -0.39 is 12.1 Å². The Balaban J connectivity index is 1.35. The highest BCUT2D eigenvalue weighted by Gasteiger charge is 2.43. The summed E-state index contributed by atoms with van der Waals surface area (Å²) in [5.74, 6) is -0.707. The van der Waals surface area contributed by atoms with Gasteiger partial charge >= 0.3 is 5.97 Å². The molecule has 212 valence electrons. The van der Waals surface area contributed by atoms with Crippen LogP contribution in [0.2, 0.25) is 0 Å². The molecule has 3 aliphatic heterocycles. The van der Waals surface area contributed by atoms with E-state index in [1.165, 1.54) is 0 Å². The molecule has 0 unspecified atom stereocenters. The van der Waals surface area contributed by atoms with Crippen molar-refractivity contribution in [2.24, 2.45) is 0 Å². The molecule has 3 fully saturated rings. The largest absolute Gasteiger partial charge is 0.460 e. The molecule has 5 atom stereocenters. The van der Waals surface area contributed by atoms with Crippen LogP contribution in [0.15, 0.2) is 36.5 Å². The number of hydrogen-bond donors (Lipinski definition) is 4. The number of benzene rings is 1. The number of nitrogens with one attached hydrogen (secondary N) is 4. The highest BCUT2D eigenvalue weighted by Crippen LogP contribution is 2.31. The Hall–Kier alpha value is -3.40. The molecular formula is C29H41N5O5. The molecule has 0 bridgehead atoms. The first kappa shape index (κ1) is 28.6. The van der Waals surface area contributed by atoms with Gasteiger partial charge in [-0.15, -0.1) is 0 Å². The Morgan fingerprint density at radius 1 is 1.10 bits per heavy atom. The van der Waals surface area contributed by atoms with E-state index in [0.29, 0.717) is 31.2 Å². The van der Waals surface area contributed by atoms with Crippen LogP contribution in [-0.2, 0) is 25.7 Å². The Bertz CT molecular complexity index is 1090. The molecule has 10 heteroatoms. The second-order valence-corrected chi connectivity index (χ2v) is 10.8. The summed E-state index contributed by atoms with van der Waals surface area (Å²) in [5.41, 5.74) is 2.02. The second kappa shape index (κ2) is 13.1. The maximum absolute atomic E-state index is 13.7. The third kappa shape index (κ3) is 7.17. The maximum Gasteiger partial charge on any atom is 0.306 e. The van der Waals surface area contributed by atoms with Crippen molar-refractivity contribution >= 4 is 23.7 Å². The summed E-state index contributed by atoms with van der Waals surface area (Å²) < 4.78 is 5.15. The summed E-state index contributed by atoms with van der Waals surface area (Å²) in [4.78, 5) is 52.7. The Morgan fingerprint density at radius 2 is 1.90 bits per heavy atom. The van der Waals surface area contributed by atoms with Crippen LogP contribution < -0.4 is 21.3 Å². The Morgan fingerprint density at radius 3 is 2.64 bits per heavy atom. The monoisotopic (exact) mass is 539 g/mol. The van der Waals surface area contributed by atoms with Crippen molar-refractivity contribution in [1.29, 1.82) is 0 Å². The van der Waals surface area contributed by atoms with Crippen molar-refractivity contribution in [3.63, 3.8) is 0 Å². The fraction of sp³-hybridized carbons (Fsp3) is 0.586. The summed E-state index contributed by atoms with van der Waals surface area (Å²) >= 11 is 0. The first-order chi connectivity index (χ1) is 18.8. The molecule has 4 N–H and O–H groups in total. The fourth-order valence-electron chi connectivity index (χ4n) is 5.61. The van der Waals surface area contributed by atoms with Crippen LogP contribution in [0.25, 0.3) is 0 Å². The van der Waals surface area contributed by atoms with Crippen LogP contribution in [0, 0.1) is 0 Å². The van der Waals surface area contributed by atoms with Gasteiger partial charge in [0, 0.05) is 36.3 Å². The summed E-state index contributed by atoms with van der Waals surface area (Å²) in [5, 5.41) is 12.3. The highest BCUT2D eigenvalue weighted by molar-refractivity contribution is 5.94. The zero-order chi connectivity index (χ0) is 27.9. The predicted molar refractivity (Wildman–Crippen MR) is 146 cm³/mol. The van der Waals surface area contributed by atoms with Crippen LogP contribution in [0.5, 0.6) is 0 Å². The van der Waals surface area contributed by atoms with E-state index in [1.54, 1.807) is 18.2 Å². The van der Waals surface area contributed by atoms with Crippen molar-refractivity contribution < 1.29 is 23.9 Å². The maximum atomic E-state index is 13.7. The van der Waals surface area contributed by atoms with Crippen molar-refractivity contribution in [2.45, 2.75) is 95.1 Å². The molecule has 4 rings (SSSR count). The predicted octanol–water partition coefficient (Wildman–Crippen LogP) is 1.75. The summed E-state index contributed by atoms with van der Waals surface area (Å²) in [6.07, 6.45) is 5.75. The van der Waals surface area contributed by atoms with Crippen molar-refractivity contribution in [2.75, 3.05) is 13.6 Å². The lowest BCUT2D eigenvalue weighted by molar-refractivity contribution is -0.142. The third-order valence-electron chi connectivity index (χ3n) is 8.07. The number of likely N-dealkylation sites (N-methyl/N-ethyl adjacent to an activating group) is 1. The van der Waals surface area contributed by atoms with Gasteiger partial charge in [0.2, 0.25) is 11.8 Å². The minimum atomic E-state index is -0.513. The van der Waals surface area contributed by atoms with Crippen LogP contribution in [-0.4, -0.2) is 72.5 Å². The van der Waals surface area contributed by atoms with Gasteiger partial charge < -0.3 is 30.9 Å². The van der Waals surface area contributed by atoms with Crippen molar-refractivity contribution in [1.82, 2.24) is 26.2 Å². The van der Waals surface area contributed by atoms with Gasteiger partial charge in [-0.1, -0.05) is 31.6 Å². The molecule has 39 heavy (non-hydrogen) atoms. The molecule has 0 radical (unpaired) electrons. The summed E-state index contributed by atoms with van der Waals surface area (Å²) in [6, 6.07) is 6.25. The summed E-state index contributed by atoms with van der Waals surface area (Å²) in [7, 11) is 1.85. The molecule has 0 spiro atoms. The Kier molecular flexibility index (Phi) is 9.61. The molecule has 3 saturated heterocycles. The minimum absolute atomic E-state index is 0.0230. The molecule has 1 aromatic carbocycles. The van der Waals surface area contributed by atoms with E-state index in [9.17, 15) is 19.2 Å². The van der Waals surface area contributed by atoms with Gasteiger partial charge in [0.25, 0.3) is 5.91 Å². The molecule has 10 nitrogen and oxygen atoms in total. The lowest BCUT2D eigenvalue weighted by Gasteiger charge is -2.36. The topological polar surface area (TPSA) is 129 Å². The van der Waals surface area contributed by atoms with E-state index in [-0.39, 0.29) is 55.0 Å². The lowest BCUT2D eigenvalue weighted by atomic mass is 9.98. The number of ether oxygens (including phenoxy) is 1. The molecule has 0 aromatic heterocycles. The number of cyclic esters (lactones) is 1.